The first kappa shape index (κ1) is 18.7. The SMILES string of the molecule is CN(C)c1ccc(NC(=O)CCCNC(=O)OC(C)(C)C)nc1. The summed E-state index contributed by atoms with van der Waals surface area (Å²) in [5.41, 5.74) is 0.441. The molecule has 0 saturated carbocycles. The van der Waals surface area contributed by atoms with Crippen LogP contribution in [0.5, 0.6) is 0 Å². The topological polar surface area (TPSA) is 83.6 Å². The molecular weight excluding hydrogens is 296 g/mol. The molecule has 0 aliphatic rings. The third-order valence-corrected chi connectivity index (χ3v) is 2.78. The quantitative estimate of drug-likeness (QED) is 0.786. The van der Waals surface area contributed by atoms with Crippen LogP contribution in [0.1, 0.15) is 33.6 Å². The van der Waals surface area contributed by atoms with Crippen molar-refractivity contribution in [2.45, 2.75) is 39.2 Å². The molecule has 2 N–H and O–H groups in total. The second-order valence-corrected chi connectivity index (χ2v) is 6.38. The van der Waals surface area contributed by atoms with E-state index in [9.17, 15) is 9.59 Å². The minimum absolute atomic E-state index is 0.138. The van der Waals surface area contributed by atoms with Gasteiger partial charge >= 0.3 is 6.09 Å². The molecule has 23 heavy (non-hydrogen) atoms. The first-order valence-electron chi connectivity index (χ1n) is 7.57. The van der Waals surface area contributed by atoms with Gasteiger partial charge in [0.2, 0.25) is 5.91 Å². The molecule has 2 amide bonds. The molecule has 7 heteroatoms. The Morgan fingerprint density at radius 2 is 1.96 bits per heavy atom. The lowest BCUT2D eigenvalue weighted by Gasteiger charge is -2.19. The highest BCUT2D eigenvalue weighted by atomic mass is 16.6. The molecule has 0 aromatic carbocycles. The monoisotopic (exact) mass is 322 g/mol. The van der Waals surface area contributed by atoms with Gasteiger partial charge < -0.3 is 20.3 Å². The summed E-state index contributed by atoms with van der Waals surface area (Å²) in [5.74, 6) is 0.377. The lowest BCUT2D eigenvalue weighted by atomic mass is 10.2. The fourth-order valence-corrected chi connectivity index (χ4v) is 1.68. The van der Waals surface area contributed by atoms with Crippen LogP contribution in [0.2, 0.25) is 0 Å². The third kappa shape index (κ3) is 8.04. The molecule has 0 spiro atoms. The van der Waals surface area contributed by atoms with Crippen LogP contribution < -0.4 is 15.5 Å². The van der Waals surface area contributed by atoms with Gasteiger partial charge in [-0.25, -0.2) is 9.78 Å². The molecule has 1 aromatic rings. The Morgan fingerprint density at radius 3 is 2.48 bits per heavy atom. The zero-order chi connectivity index (χ0) is 17.5. The van der Waals surface area contributed by atoms with Crippen LogP contribution in [0.15, 0.2) is 18.3 Å². The van der Waals surface area contributed by atoms with E-state index in [4.69, 9.17) is 4.74 Å². The van der Waals surface area contributed by atoms with E-state index in [1.165, 1.54) is 0 Å². The largest absolute Gasteiger partial charge is 0.444 e. The zero-order valence-corrected chi connectivity index (χ0v) is 14.5. The number of nitrogens with zero attached hydrogens (tertiary/aromatic N) is 2. The van der Waals surface area contributed by atoms with Gasteiger partial charge in [0.25, 0.3) is 0 Å². The van der Waals surface area contributed by atoms with Crippen LogP contribution in [-0.4, -0.2) is 43.2 Å². The van der Waals surface area contributed by atoms with Crippen molar-refractivity contribution in [2.75, 3.05) is 30.9 Å². The lowest BCUT2D eigenvalue weighted by Crippen LogP contribution is -2.33. The van der Waals surface area contributed by atoms with E-state index in [1.54, 1.807) is 33.0 Å². The van der Waals surface area contributed by atoms with Crippen LogP contribution in [-0.2, 0) is 9.53 Å². The lowest BCUT2D eigenvalue weighted by molar-refractivity contribution is -0.116. The predicted octanol–water partition coefficient (Wildman–Crippen LogP) is 2.39. The summed E-state index contributed by atoms with van der Waals surface area (Å²) in [5, 5.41) is 5.34. The summed E-state index contributed by atoms with van der Waals surface area (Å²) in [7, 11) is 3.85. The van der Waals surface area contributed by atoms with E-state index >= 15 is 0 Å². The Kier molecular flexibility index (Phi) is 6.81. The van der Waals surface area contributed by atoms with Gasteiger partial charge in [0.05, 0.1) is 11.9 Å². The molecule has 1 heterocycles. The van der Waals surface area contributed by atoms with Crippen molar-refractivity contribution in [3.8, 4) is 0 Å². The summed E-state index contributed by atoms with van der Waals surface area (Å²) in [6, 6.07) is 3.64. The van der Waals surface area contributed by atoms with Crippen LogP contribution >= 0.6 is 0 Å². The van der Waals surface area contributed by atoms with Gasteiger partial charge in [0, 0.05) is 27.1 Å². The molecule has 0 saturated heterocycles. The van der Waals surface area contributed by atoms with E-state index in [2.05, 4.69) is 15.6 Å². The van der Waals surface area contributed by atoms with Gasteiger partial charge in [-0.05, 0) is 39.3 Å². The van der Waals surface area contributed by atoms with Gasteiger partial charge in [-0.1, -0.05) is 0 Å². The van der Waals surface area contributed by atoms with Crippen LogP contribution in [0.3, 0.4) is 0 Å². The maximum atomic E-state index is 11.8. The smallest absolute Gasteiger partial charge is 0.407 e. The van der Waals surface area contributed by atoms with Gasteiger partial charge in [-0.3, -0.25) is 4.79 Å². The highest BCUT2D eigenvalue weighted by Crippen LogP contribution is 2.12. The Balaban J connectivity index is 2.25. The van der Waals surface area contributed by atoms with E-state index in [0.29, 0.717) is 25.2 Å². The molecule has 128 valence electrons. The fourth-order valence-electron chi connectivity index (χ4n) is 1.68. The van der Waals surface area contributed by atoms with Gasteiger partial charge in [0.15, 0.2) is 0 Å². The number of rotatable bonds is 6. The Bertz CT molecular complexity index is 521. The van der Waals surface area contributed by atoms with Crippen molar-refractivity contribution < 1.29 is 14.3 Å². The number of aromatic nitrogens is 1. The molecule has 0 aliphatic carbocycles. The van der Waals surface area contributed by atoms with Crippen molar-refractivity contribution in [3.63, 3.8) is 0 Å². The number of carbonyl (C=O) groups excluding carboxylic acids is 2. The molecule has 1 aromatic heterocycles. The second kappa shape index (κ2) is 8.36. The van der Waals surface area contributed by atoms with E-state index in [-0.39, 0.29) is 5.91 Å². The van der Waals surface area contributed by atoms with Gasteiger partial charge in [-0.2, -0.15) is 0 Å². The van der Waals surface area contributed by atoms with Gasteiger partial charge in [0.1, 0.15) is 11.4 Å². The van der Waals surface area contributed by atoms with Crippen molar-refractivity contribution in [3.05, 3.63) is 18.3 Å². The number of hydrogen-bond acceptors (Lipinski definition) is 5. The summed E-state index contributed by atoms with van der Waals surface area (Å²) >= 11 is 0. The Morgan fingerprint density at radius 1 is 1.26 bits per heavy atom. The van der Waals surface area contributed by atoms with Gasteiger partial charge in [-0.15, -0.1) is 0 Å². The number of alkyl carbamates (subject to hydrolysis) is 1. The number of ether oxygens (including phenoxy) is 1. The predicted molar refractivity (Wildman–Crippen MR) is 90.7 cm³/mol. The molecule has 0 unspecified atom stereocenters. The zero-order valence-electron chi connectivity index (χ0n) is 14.5. The molecule has 0 aliphatic heterocycles. The van der Waals surface area contributed by atoms with E-state index in [0.717, 1.165) is 5.69 Å². The Hall–Kier alpha value is -2.31. The van der Waals surface area contributed by atoms with Crippen molar-refractivity contribution >= 4 is 23.5 Å². The number of pyridine rings is 1. The molecular formula is C16H26N4O3. The number of amides is 2. The van der Waals surface area contributed by atoms with Crippen molar-refractivity contribution in [2.24, 2.45) is 0 Å². The third-order valence-electron chi connectivity index (χ3n) is 2.78. The molecule has 1 rings (SSSR count). The first-order chi connectivity index (χ1) is 10.7. The first-order valence-corrected chi connectivity index (χ1v) is 7.57. The second-order valence-electron chi connectivity index (χ2n) is 6.38. The number of hydrogen-bond donors (Lipinski definition) is 2. The summed E-state index contributed by atoms with van der Waals surface area (Å²) in [4.78, 5) is 29.3. The van der Waals surface area contributed by atoms with Crippen LogP contribution in [0, 0.1) is 0 Å². The van der Waals surface area contributed by atoms with Crippen LogP contribution in [0.25, 0.3) is 0 Å². The van der Waals surface area contributed by atoms with E-state index < -0.39 is 11.7 Å². The molecule has 0 radical (unpaired) electrons. The minimum Gasteiger partial charge on any atom is -0.444 e. The average molecular weight is 322 g/mol. The van der Waals surface area contributed by atoms with Crippen LogP contribution in [0.4, 0.5) is 16.3 Å². The molecule has 0 bridgehead atoms. The standard InChI is InChI=1S/C16H26N4O3/c1-16(2,3)23-15(22)17-10-6-7-14(21)19-13-9-8-12(11-18-13)20(4)5/h8-9,11H,6-7,10H2,1-5H3,(H,17,22)(H,18,19,21). The highest BCUT2D eigenvalue weighted by Gasteiger charge is 2.15. The van der Waals surface area contributed by atoms with Crippen molar-refractivity contribution in [1.82, 2.24) is 10.3 Å². The average Bonchev–Trinajstić information content (AvgIpc) is 2.42. The molecule has 7 nitrogen and oxygen atoms in total. The fraction of sp³-hybridized carbons (Fsp3) is 0.562. The number of anilines is 2. The molecule has 0 atom stereocenters. The summed E-state index contributed by atoms with van der Waals surface area (Å²) in [6.45, 7) is 5.78. The highest BCUT2D eigenvalue weighted by molar-refractivity contribution is 5.89. The number of carbonyl (C=O) groups is 2. The normalized spacial score (nSPS) is 10.8. The molecule has 0 fully saturated rings. The maximum absolute atomic E-state index is 11.8. The minimum atomic E-state index is -0.522. The van der Waals surface area contributed by atoms with Crippen molar-refractivity contribution in [1.29, 1.82) is 0 Å². The maximum Gasteiger partial charge on any atom is 0.407 e. The van der Waals surface area contributed by atoms with E-state index in [1.807, 2.05) is 25.1 Å². The Labute approximate surface area is 137 Å². The summed E-state index contributed by atoms with van der Waals surface area (Å²) < 4.78 is 5.11. The number of nitrogens with one attached hydrogen (secondary N) is 2. The summed E-state index contributed by atoms with van der Waals surface area (Å²) in [6.07, 6.45) is 2.05.